The van der Waals surface area contributed by atoms with Gasteiger partial charge in [0.1, 0.15) is 5.76 Å². The Balaban J connectivity index is 1.58. The molecule has 2 heterocycles. The number of anilines is 2. The van der Waals surface area contributed by atoms with Gasteiger partial charge in [-0.1, -0.05) is 35.5 Å². The van der Waals surface area contributed by atoms with Gasteiger partial charge in [0.25, 0.3) is 5.91 Å². The van der Waals surface area contributed by atoms with Gasteiger partial charge in [-0.05, 0) is 56.3 Å². The van der Waals surface area contributed by atoms with E-state index in [0.717, 1.165) is 29.5 Å². The lowest BCUT2D eigenvalue weighted by Gasteiger charge is -2.28. The number of thioether (sulfide) groups is 1. The van der Waals surface area contributed by atoms with E-state index in [1.807, 2.05) is 19.1 Å². The summed E-state index contributed by atoms with van der Waals surface area (Å²) in [6, 6.07) is 16.9. The van der Waals surface area contributed by atoms with Crippen molar-refractivity contribution in [3.05, 3.63) is 106 Å². The van der Waals surface area contributed by atoms with Crippen molar-refractivity contribution in [2.24, 2.45) is 0 Å². The number of allylic oxidation sites excluding steroid dienone is 2. The molecule has 4 rings (SSSR count). The average molecular weight is 553 g/mol. The number of nitriles is 1. The predicted molar refractivity (Wildman–Crippen MR) is 142 cm³/mol. The van der Waals surface area contributed by atoms with Gasteiger partial charge in [0.2, 0.25) is 5.91 Å². The van der Waals surface area contributed by atoms with E-state index in [9.17, 15) is 28.0 Å². The van der Waals surface area contributed by atoms with Gasteiger partial charge in [0.15, 0.2) is 0 Å². The van der Waals surface area contributed by atoms with Crippen LogP contribution in [0.4, 0.5) is 24.5 Å². The van der Waals surface area contributed by atoms with Crippen LogP contribution in [0, 0.1) is 18.3 Å². The Labute approximate surface area is 226 Å². The molecule has 0 bridgehead atoms. The second-order valence-corrected chi connectivity index (χ2v) is 9.69. The van der Waals surface area contributed by atoms with Crippen molar-refractivity contribution in [1.29, 1.82) is 5.26 Å². The van der Waals surface area contributed by atoms with E-state index in [1.54, 1.807) is 31.2 Å². The lowest BCUT2D eigenvalue weighted by Crippen LogP contribution is -2.31. The number of nitrogens with zero attached hydrogens (tertiary/aromatic N) is 1. The summed E-state index contributed by atoms with van der Waals surface area (Å²) < 4.78 is 45.0. The molecule has 0 unspecified atom stereocenters. The van der Waals surface area contributed by atoms with Gasteiger partial charge in [-0.2, -0.15) is 18.4 Å². The lowest BCUT2D eigenvalue weighted by atomic mass is 9.85. The van der Waals surface area contributed by atoms with E-state index in [1.165, 1.54) is 18.4 Å². The number of dihydropyridines is 1. The third-order valence-electron chi connectivity index (χ3n) is 5.85. The molecular formula is C28H23F3N4O3S. The molecule has 39 heavy (non-hydrogen) atoms. The van der Waals surface area contributed by atoms with Crippen LogP contribution in [0.1, 0.15) is 29.7 Å². The number of nitrogens with one attached hydrogen (secondary N) is 3. The molecule has 0 spiro atoms. The maximum Gasteiger partial charge on any atom is 0.416 e. The summed E-state index contributed by atoms with van der Waals surface area (Å²) in [7, 11) is 0. The average Bonchev–Trinajstić information content (AvgIpc) is 3.42. The molecule has 1 atom stereocenters. The van der Waals surface area contributed by atoms with Gasteiger partial charge in [0, 0.05) is 17.1 Å². The largest absolute Gasteiger partial charge is 0.468 e. The van der Waals surface area contributed by atoms with Gasteiger partial charge in [-0.25, -0.2) is 0 Å². The highest BCUT2D eigenvalue weighted by atomic mass is 32.2. The van der Waals surface area contributed by atoms with Gasteiger partial charge in [0.05, 0.1) is 45.7 Å². The smallest absolute Gasteiger partial charge is 0.416 e. The van der Waals surface area contributed by atoms with Crippen LogP contribution in [-0.4, -0.2) is 17.6 Å². The summed E-state index contributed by atoms with van der Waals surface area (Å²) in [4.78, 5) is 25.9. The summed E-state index contributed by atoms with van der Waals surface area (Å²) in [5.41, 5.74) is 1.33. The van der Waals surface area contributed by atoms with Crippen LogP contribution >= 0.6 is 11.8 Å². The Hall–Kier alpha value is -4.43. The summed E-state index contributed by atoms with van der Waals surface area (Å²) in [5, 5.41) is 18.8. The molecular weight excluding hydrogens is 529 g/mol. The quantitative estimate of drug-likeness (QED) is 0.317. The molecule has 1 aliphatic heterocycles. The molecule has 0 fully saturated rings. The second kappa shape index (κ2) is 11.5. The minimum atomic E-state index is -4.58. The molecule has 3 N–H and O–H groups in total. The van der Waals surface area contributed by atoms with E-state index in [0.29, 0.717) is 22.2 Å². The molecule has 11 heteroatoms. The van der Waals surface area contributed by atoms with Crippen LogP contribution in [0.15, 0.2) is 93.2 Å². The highest BCUT2D eigenvalue weighted by molar-refractivity contribution is 8.03. The highest BCUT2D eigenvalue weighted by Gasteiger charge is 2.37. The fraction of sp³-hybridized carbons (Fsp3) is 0.179. The van der Waals surface area contributed by atoms with Gasteiger partial charge in [-0.15, -0.1) is 0 Å². The van der Waals surface area contributed by atoms with Crippen molar-refractivity contribution in [2.75, 3.05) is 16.4 Å². The van der Waals surface area contributed by atoms with Crippen LogP contribution in [-0.2, 0) is 15.8 Å². The van der Waals surface area contributed by atoms with Crippen molar-refractivity contribution in [3.8, 4) is 6.07 Å². The van der Waals surface area contributed by atoms with Crippen molar-refractivity contribution in [2.45, 2.75) is 25.9 Å². The van der Waals surface area contributed by atoms with Crippen LogP contribution in [0.3, 0.4) is 0 Å². The Kier molecular flexibility index (Phi) is 8.16. The first kappa shape index (κ1) is 27.6. The van der Waals surface area contributed by atoms with Gasteiger partial charge >= 0.3 is 6.18 Å². The summed E-state index contributed by atoms with van der Waals surface area (Å²) in [5.74, 6) is -1.66. The number of carbonyl (C=O) groups excluding carboxylic acids is 2. The summed E-state index contributed by atoms with van der Waals surface area (Å²) in [6.07, 6.45) is -3.18. The number of carbonyl (C=O) groups is 2. The Morgan fingerprint density at radius 3 is 2.44 bits per heavy atom. The summed E-state index contributed by atoms with van der Waals surface area (Å²) >= 11 is 1.09. The van der Waals surface area contributed by atoms with Gasteiger partial charge in [-0.3, -0.25) is 9.59 Å². The van der Waals surface area contributed by atoms with Crippen LogP contribution in [0.5, 0.6) is 0 Å². The molecule has 1 aliphatic rings. The number of amides is 2. The molecule has 200 valence electrons. The monoisotopic (exact) mass is 552 g/mol. The second-order valence-electron chi connectivity index (χ2n) is 8.70. The Morgan fingerprint density at radius 1 is 1.05 bits per heavy atom. The van der Waals surface area contributed by atoms with Crippen LogP contribution in [0.25, 0.3) is 0 Å². The number of hydrogen-bond donors (Lipinski definition) is 3. The van der Waals surface area contributed by atoms with Crippen molar-refractivity contribution in [3.63, 3.8) is 0 Å². The van der Waals surface area contributed by atoms with Gasteiger partial charge < -0.3 is 20.4 Å². The number of hydrogen-bond acceptors (Lipinski definition) is 6. The lowest BCUT2D eigenvalue weighted by molar-refractivity contribution is -0.137. The zero-order valence-corrected chi connectivity index (χ0v) is 21.7. The summed E-state index contributed by atoms with van der Waals surface area (Å²) in [6.45, 7) is 3.55. The third-order valence-corrected chi connectivity index (χ3v) is 6.87. The third kappa shape index (κ3) is 6.53. The molecule has 2 amide bonds. The van der Waals surface area contributed by atoms with E-state index < -0.39 is 23.6 Å². The van der Waals surface area contributed by atoms with E-state index in [2.05, 4.69) is 22.0 Å². The van der Waals surface area contributed by atoms with E-state index >= 15 is 0 Å². The molecule has 7 nitrogen and oxygen atoms in total. The first-order valence-electron chi connectivity index (χ1n) is 11.7. The minimum absolute atomic E-state index is 0.0225. The molecule has 0 radical (unpaired) electrons. The van der Waals surface area contributed by atoms with E-state index in [4.69, 9.17) is 4.42 Å². The fourth-order valence-electron chi connectivity index (χ4n) is 4.01. The van der Waals surface area contributed by atoms with Crippen molar-refractivity contribution in [1.82, 2.24) is 5.32 Å². The molecule has 1 aromatic heterocycles. The Morgan fingerprint density at radius 2 is 1.79 bits per heavy atom. The number of alkyl halides is 3. The van der Waals surface area contributed by atoms with E-state index in [-0.39, 0.29) is 28.5 Å². The number of furan rings is 1. The molecule has 0 saturated carbocycles. The maximum atomic E-state index is 13.4. The number of rotatable bonds is 7. The first-order chi connectivity index (χ1) is 18.6. The fourth-order valence-corrected chi connectivity index (χ4v) is 4.90. The normalized spacial score (nSPS) is 15.4. The SMILES string of the molecule is CC1=C(C(=O)Nc2cccc(C(F)(F)F)c2)[C@@H](c2ccco2)C(C#N)=C(SCC(=O)Nc2ccc(C)cc2)N1. The Bertz CT molecular complexity index is 1490. The molecule has 0 saturated heterocycles. The van der Waals surface area contributed by atoms with Crippen molar-refractivity contribution >= 4 is 35.0 Å². The number of benzene rings is 2. The first-order valence-corrected chi connectivity index (χ1v) is 12.7. The zero-order valence-electron chi connectivity index (χ0n) is 20.8. The number of aryl methyl sites for hydroxylation is 1. The topological polar surface area (TPSA) is 107 Å². The molecule has 2 aromatic carbocycles. The van der Waals surface area contributed by atoms with Crippen molar-refractivity contribution < 1.29 is 27.2 Å². The van der Waals surface area contributed by atoms with Crippen LogP contribution < -0.4 is 16.0 Å². The molecule has 3 aromatic rings. The zero-order chi connectivity index (χ0) is 28.2. The highest BCUT2D eigenvalue weighted by Crippen LogP contribution is 2.41. The predicted octanol–water partition coefficient (Wildman–Crippen LogP) is 6.31. The standard InChI is InChI=1S/C28H23F3N4O3S/c1-16-8-10-19(11-9-16)34-23(36)15-39-27-21(14-32)25(22-7-4-12-38-22)24(17(2)33-27)26(37)35-20-6-3-5-18(13-20)28(29,30)31/h3-13,25,33H,15H2,1-2H3,(H,34,36)(H,35,37)/t25-/m1/s1. The molecule has 0 aliphatic carbocycles. The number of halogens is 3. The minimum Gasteiger partial charge on any atom is -0.468 e. The maximum absolute atomic E-state index is 13.4. The van der Waals surface area contributed by atoms with Crippen LogP contribution in [0.2, 0.25) is 0 Å².